The Hall–Kier alpha value is -2.85. The molecule has 2 aromatic rings. The van der Waals surface area contributed by atoms with Gasteiger partial charge in [0, 0.05) is 24.9 Å². The van der Waals surface area contributed by atoms with Gasteiger partial charge in [-0.1, -0.05) is 12.1 Å². The number of amides is 2. The molecule has 0 radical (unpaired) electrons. The molecule has 0 saturated carbocycles. The van der Waals surface area contributed by atoms with Crippen molar-refractivity contribution in [2.24, 2.45) is 0 Å². The van der Waals surface area contributed by atoms with Crippen molar-refractivity contribution in [1.29, 1.82) is 5.26 Å². The molecule has 128 valence electrons. The third-order valence-electron chi connectivity index (χ3n) is 3.20. The molecular formula is C18H18N4O2S. The zero-order chi connectivity index (χ0) is 17.9. The van der Waals surface area contributed by atoms with Crippen LogP contribution >= 0.6 is 11.8 Å². The summed E-state index contributed by atoms with van der Waals surface area (Å²) in [6, 6.07) is 12.8. The predicted octanol–water partition coefficient (Wildman–Crippen LogP) is 2.33. The van der Waals surface area contributed by atoms with Gasteiger partial charge in [-0.15, -0.1) is 11.8 Å². The number of rotatable bonds is 8. The average molecular weight is 354 g/mol. The van der Waals surface area contributed by atoms with Gasteiger partial charge in [0.15, 0.2) is 0 Å². The monoisotopic (exact) mass is 354 g/mol. The molecule has 2 rings (SSSR count). The number of carbonyl (C=O) groups is 2. The van der Waals surface area contributed by atoms with E-state index in [1.54, 1.807) is 36.7 Å². The van der Waals surface area contributed by atoms with Crippen molar-refractivity contribution in [3.63, 3.8) is 0 Å². The maximum absolute atomic E-state index is 11.8. The summed E-state index contributed by atoms with van der Waals surface area (Å²) in [6.45, 7) is 0.294. The van der Waals surface area contributed by atoms with Crippen molar-refractivity contribution in [2.45, 2.75) is 12.2 Å². The summed E-state index contributed by atoms with van der Waals surface area (Å²) in [6.07, 6.45) is 3.41. The molecule has 7 heteroatoms. The first-order chi connectivity index (χ1) is 12.2. The Balaban J connectivity index is 1.59. The van der Waals surface area contributed by atoms with Gasteiger partial charge in [-0.05, 0) is 29.8 Å². The van der Waals surface area contributed by atoms with Crippen molar-refractivity contribution in [3.05, 3.63) is 59.9 Å². The average Bonchev–Trinajstić information content (AvgIpc) is 2.63. The Bertz CT molecular complexity index is 742. The van der Waals surface area contributed by atoms with Crippen LogP contribution in [0.1, 0.15) is 17.5 Å². The van der Waals surface area contributed by atoms with E-state index in [1.165, 1.54) is 11.8 Å². The zero-order valence-corrected chi connectivity index (χ0v) is 14.4. The third-order valence-corrected chi connectivity index (χ3v) is 4.21. The number of benzene rings is 1. The van der Waals surface area contributed by atoms with E-state index in [4.69, 9.17) is 5.26 Å². The first-order valence-electron chi connectivity index (χ1n) is 7.71. The molecule has 2 amide bonds. The smallest absolute Gasteiger partial charge is 0.230 e. The van der Waals surface area contributed by atoms with E-state index in [2.05, 4.69) is 21.7 Å². The molecule has 0 spiro atoms. The lowest BCUT2D eigenvalue weighted by Crippen LogP contribution is -2.29. The van der Waals surface area contributed by atoms with E-state index >= 15 is 0 Å². The second-order valence-corrected chi connectivity index (χ2v) is 6.18. The van der Waals surface area contributed by atoms with Crippen LogP contribution in [0.15, 0.2) is 48.8 Å². The lowest BCUT2D eigenvalue weighted by molar-refractivity contribution is -0.119. The summed E-state index contributed by atoms with van der Waals surface area (Å²) < 4.78 is 0. The van der Waals surface area contributed by atoms with Gasteiger partial charge in [-0.3, -0.25) is 14.6 Å². The van der Waals surface area contributed by atoms with Gasteiger partial charge in [-0.2, -0.15) is 5.26 Å². The summed E-state index contributed by atoms with van der Waals surface area (Å²) in [5.74, 6) is 0.747. The van der Waals surface area contributed by atoms with Gasteiger partial charge >= 0.3 is 0 Å². The Morgan fingerprint density at radius 1 is 1.16 bits per heavy atom. The fourth-order valence-corrected chi connectivity index (χ4v) is 2.78. The fraction of sp³-hybridized carbons (Fsp3) is 0.222. The molecule has 1 heterocycles. The van der Waals surface area contributed by atoms with E-state index in [-0.39, 0.29) is 18.2 Å². The van der Waals surface area contributed by atoms with Gasteiger partial charge in [-0.25, -0.2) is 0 Å². The lowest BCUT2D eigenvalue weighted by Gasteiger charge is -2.06. The van der Waals surface area contributed by atoms with Crippen LogP contribution in [0, 0.1) is 11.3 Å². The number of carbonyl (C=O) groups excluding carboxylic acids is 2. The van der Waals surface area contributed by atoms with Crippen LogP contribution in [0.5, 0.6) is 0 Å². The molecule has 0 fully saturated rings. The van der Waals surface area contributed by atoms with Crippen LogP contribution in [-0.4, -0.2) is 29.1 Å². The molecule has 0 aliphatic carbocycles. The Labute approximate surface area is 150 Å². The topological polar surface area (TPSA) is 94.9 Å². The van der Waals surface area contributed by atoms with E-state index < -0.39 is 0 Å². The molecule has 0 unspecified atom stereocenters. The number of aromatic nitrogens is 1. The highest BCUT2D eigenvalue weighted by Crippen LogP contribution is 2.12. The summed E-state index contributed by atoms with van der Waals surface area (Å²) >= 11 is 1.49. The summed E-state index contributed by atoms with van der Waals surface area (Å²) in [7, 11) is 0. The van der Waals surface area contributed by atoms with Gasteiger partial charge in [0.05, 0.1) is 29.3 Å². The van der Waals surface area contributed by atoms with Crippen LogP contribution in [-0.2, 0) is 15.3 Å². The van der Waals surface area contributed by atoms with Crippen LogP contribution < -0.4 is 10.6 Å². The first-order valence-corrected chi connectivity index (χ1v) is 8.86. The lowest BCUT2D eigenvalue weighted by atomic mass is 10.2. The van der Waals surface area contributed by atoms with Crippen LogP contribution in [0.4, 0.5) is 5.69 Å². The second kappa shape index (κ2) is 10.1. The molecule has 0 aliphatic rings. The summed E-state index contributed by atoms with van der Waals surface area (Å²) in [5.41, 5.74) is 2.32. The molecule has 25 heavy (non-hydrogen) atoms. The fourth-order valence-electron chi connectivity index (χ4n) is 1.96. The van der Waals surface area contributed by atoms with Gasteiger partial charge < -0.3 is 10.6 Å². The number of anilines is 1. The first kappa shape index (κ1) is 18.5. The maximum atomic E-state index is 11.8. The third kappa shape index (κ3) is 7.06. The standard InChI is InChI=1S/C18H18N4O2S/c19-10-14-3-5-15(6-4-14)12-25-13-18(24)21-9-7-17(23)22-16-2-1-8-20-11-16/h1-6,8,11H,7,9,12-13H2,(H,21,24)(H,22,23). The number of hydrogen-bond donors (Lipinski definition) is 2. The molecular weight excluding hydrogens is 336 g/mol. The highest BCUT2D eigenvalue weighted by molar-refractivity contribution is 7.99. The highest BCUT2D eigenvalue weighted by atomic mass is 32.2. The van der Waals surface area contributed by atoms with E-state index in [1.807, 2.05) is 12.1 Å². The van der Waals surface area contributed by atoms with Crippen LogP contribution in [0.25, 0.3) is 0 Å². The normalized spacial score (nSPS) is 9.88. The second-order valence-electron chi connectivity index (χ2n) is 5.19. The van der Waals surface area contributed by atoms with Crippen LogP contribution in [0.2, 0.25) is 0 Å². The SMILES string of the molecule is N#Cc1ccc(CSCC(=O)NCCC(=O)Nc2cccnc2)cc1. The molecule has 2 N–H and O–H groups in total. The van der Waals surface area contributed by atoms with Crippen molar-refractivity contribution >= 4 is 29.3 Å². The quantitative estimate of drug-likeness (QED) is 0.759. The molecule has 0 aliphatic heterocycles. The van der Waals surface area contributed by atoms with E-state index in [9.17, 15) is 9.59 Å². The zero-order valence-electron chi connectivity index (χ0n) is 13.6. The van der Waals surface area contributed by atoms with Crippen molar-refractivity contribution in [3.8, 4) is 6.07 Å². The largest absolute Gasteiger partial charge is 0.355 e. The molecule has 0 atom stereocenters. The van der Waals surface area contributed by atoms with Gasteiger partial charge in [0.1, 0.15) is 0 Å². The Morgan fingerprint density at radius 2 is 1.96 bits per heavy atom. The van der Waals surface area contributed by atoms with E-state index in [0.717, 1.165) is 5.56 Å². The van der Waals surface area contributed by atoms with Gasteiger partial charge in [0.25, 0.3) is 0 Å². The number of thioether (sulfide) groups is 1. The van der Waals surface area contributed by atoms with Crippen molar-refractivity contribution in [2.75, 3.05) is 17.6 Å². The van der Waals surface area contributed by atoms with E-state index in [0.29, 0.717) is 29.3 Å². The van der Waals surface area contributed by atoms with Gasteiger partial charge in [0.2, 0.25) is 11.8 Å². The molecule has 0 saturated heterocycles. The Morgan fingerprint density at radius 3 is 2.64 bits per heavy atom. The molecule has 1 aromatic carbocycles. The minimum atomic E-state index is -0.168. The summed E-state index contributed by atoms with van der Waals surface area (Å²) in [4.78, 5) is 27.4. The van der Waals surface area contributed by atoms with Crippen LogP contribution in [0.3, 0.4) is 0 Å². The summed E-state index contributed by atoms with van der Waals surface area (Å²) in [5, 5.41) is 14.2. The van der Waals surface area contributed by atoms with Crippen molar-refractivity contribution < 1.29 is 9.59 Å². The van der Waals surface area contributed by atoms with Crippen molar-refractivity contribution in [1.82, 2.24) is 10.3 Å². The minimum Gasteiger partial charge on any atom is -0.355 e. The number of nitrogens with zero attached hydrogens (tertiary/aromatic N) is 2. The number of nitriles is 1. The molecule has 6 nitrogen and oxygen atoms in total. The highest BCUT2D eigenvalue weighted by Gasteiger charge is 2.05. The molecule has 1 aromatic heterocycles. The molecule has 0 bridgehead atoms. The minimum absolute atomic E-state index is 0.104. The number of pyridine rings is 1. The predicted molar refractivity (Wildman–Crippen MR) is 97.8 cm³/mol. The Kier molecular flexibility index (Phi) is 7.47. The number of nitrogens with one attached hydrogen (secondary N) is 2. The maximum Gasteiger partial charge on any atom is 0.230 e. The number of hydrogen-bond acceptors (Lipinski definition) is 5.